The van der Waals surface area contributed by atoms with Gasteiger partial charge in [-0.1, -0.05) is 36.4 Å². The predicted octanol–water partition coefficient (Wildman–Crippen LogP) is 4.52. The first kappa shape index (κ1) is 43.3. The lowest BCUT2D eigenvalue weighted by molar-refractivity contribution is -0.154. The van der Waals surface area contributed by atoms with Crippen LogP contribution < -0.4 is 11.3 Å². The minimum absolute atomic E-state index is 0.266. The lowest BCUT2D eigenvalue weighted by Crippen LogP contribution is -2.33. The van der Waals surface area contributed by atoms with Gasteiger partial charge in [0, 0.05) is 32.2 Å². The average molecular weight is 702 g/mol. The predicted molar refractivity (Wildman–Crippen MR) is 174 cm³/mol. The minimum Gasteiger partial charge on any atom is -0.468 e. The molecule has 0 bridgehead atoms. The number of anilines is 1. The van der Waals surface area contributed by atoms with Gasteiger partial charge in [-0.2, -0.15) is 26.7 Å². The van der Waals surface area contributed by atoms with E-state index in [0.717, 1.165) is 17.1 Å². The molecule has 0 aliphatic carbocycles. The van der Waals surface area contributed by atoms with E-state index in [9.17, 15) is 27.6 Å². The van der Waals surface area contributed by atoms with Crippen molar-refractivity contribution < 1.29 is 50.0 Å². The molecule has 0 fully saturated rings. The molecule has 48 heavy (non-hydrogen) atoms. The van der Waals surface area contributed by atoms with Gasteiger partial charge in [0.25, 0.3) is 0 Å². The number of ketones is 1. The number of nitrogen functional groups attached to an aromatic ring is 1. The Balaban J connectivity index is 0.000000654. The highest BCUT2D eigenvalue weighted by molar-refractivity contribution is 7.86. The summed E-state index contributed by atoms with van der Waals surface area (Å²) in [6.45, 7) is 6.74. The van der Waals surface area contributed by atoms with E-state index in [0.29, 0.717) is 0 Å². The maximum atomic E-state index is 11.9. The summed E-state index contributed by atoms with van der Waals surface area (Å²) in [5, 5.41) is 4.28. The first-order valence-electron chi connectivity index (χ1n) is 13.8. The monoisotopic (exact) mass is 701 g/mol. The number of nitrogens with zero attached hydrogens (tertiary/aromatic N) is 3. The molecule has 17 heteroatoms. The number of ether oxygens (including phenoxy) is 2. The summed E-state index contributed by atoms with van der Waals surface area (Å²) in [6, 6.07) is 21.2. The maximum Gasteiger partial charge on any atom is 0.522 e. The topological polar surface area (TPSA) is 183 Å². The van der Waals surface area contributed by atoms with Crippen molar-refractivity contribution in [3.05, 3.63) is 90.9 Å². The summed E-state index contributed by atoms with van der Waals surface area (Å²) < 4.78 is 68.7. The number of hydrogen-bond acceptors (Lipinski definition) is 11. The van der Waals surface area contributed by atoms with Crippen LogP contribution in [0, 0.1) is 5.41 Å². The van der Waals surface area contributed by atoms with Crippen LogP contribution in [0.4, 0.5) is 18.9 Å². The molecule has 0 saturated carbocycles. The fourth-order valence-corrected chi connectivity index (χ4v) is 3.23. The van der Waals surface area contributed by atoms with E-state index in [1.54, 1.807) is 49.9 Å². The van der Waals surface area contributed by atoms with Crippen molar-refractivity contribution in [3.8, 4) is 5.69 Å². The number of methoxy groups -OCH3 is 2. The Morgan fingerprint density at radius 3 is 1.73 bits per heavy atom. The van der Waals surface area contributed by atoms with E-state index in [1.165, 1.54) is 20.3 Å². The third-order valence-corrected chi connectivity index (χ3v) is 6.63. The van der Waals surface area contributed by atoms with Gasteiger partial charge in [-0.05, 0) is 64.1 Å². The molecule has 0 saturated heterocycles. The van der Waals surface area contributed by atoms with Crippen LogP contribution in [0.25, 0.3) is 5.69 Å². The zero-order valence-electron chi connectivity index (χ0n) is 27.8. The van der Waals surface area contributed by atoms with Crippen molar-refractivity contribution in [2.45, 2.75) is 38.6 Å². The fraction of sp³-hybridized carbons (Fsp3) is 0.355. The number of esters is 2. The van der Waals surface area contributed by atoms with Crippen molar-refractivity contribution in [1.82, 2.24) is 14.7 Å². The van der Waals surface area contributed by atoms with Crippen LogP contribution >= 0.6 is 0 Å². The molecule has 3 aromatic rings. The molecule has 0 radical (unpaired) electrons. The van der Waals surface area contributed by atoms with Gasteiger partial charge in [0.2, 0.25) is 0 Å². The second kappa shape index (κ2) is 19.2. The van der Waals surface area contributed by atoms with Gasteiger partial charge in [-0.15, -0.1) is 0 Å². The van der Waals surface area contributed by atoms with E-state index >= 15 is 0 Å². The van der Waals surface area contributed by atoms with Crippen LogP contribution in [0.2, 0.25) is 0 Å². The Hall–Kier alpha value is -4.74. The SMILES string of the molecule is COC(=O)C(C)(C)C(=O)/C=C/N(C)C.COC(=O)C(C)(C)c1ccnn1-c1ccccc1.NNc1ccccc1.O=S(=O)(O)C(F)(F)F. The smallest absolute Gasteiger partial charge is 0.468 e. The van der Waals surface area contributed by atoms with Crippen LogP contribution in [0.3, 0.4) is 0 Å². The van der Waals surface area contributed by atoms with Gasteiger partial charge in [0.15, 0.2) is 5.78 Å². The Bertz CT molecular complexity index is 1580. The van der Waals surface area contributed by atoms with E-state index < -0.39 is 32.4 Å². The van der Waals surface area contributed by atoms with Gasteiger partial charge in [0.1, 0.15) is 10.8 Å². The second-order valence-corrected chi connectivity index (χ2v) is 12.2. The quantitative estimate of drug-likeness (QED) is 0.0569. The third kappa shape index (κ3) is 13.9. The Labute approximate surface area is 278 Å². The van der Waals surface area contributed by atoms with Crippen LogP contribution in [-0.2, 0) is 39.4 Å². The Morgan fingerprint density at radius 1 is 0.896 bits per heavy atom. The number of para-hydroxylation sites is 2. The van der Waals surface area contributed by atoms with Crippen molar-refractivity contribution >= 4 is 33.5 Å². The number of halogens is 3. The number of nitrogens with two attached hydrogens (primary N) is 1. The highest BCUT2D eigenvalue weighted by atomic mass is 32.2. The highest BCUT2D eigenvalue weighted by Crippen LogP contribution is 2.26. The third-order valence-electron chi connectivity index (χ3n) is 6.05. The first-order valence-corrected chi connectivity index (χ1v) is 15.2. The van der Waals surface area contributed by atoms with Crippen LogP contribution in [0.5, 0.6) is 0 Å². The summed E-state index contributed by atoms with van der Waals surface area (Å²) >= 11 is 0. The lowest BCUT2D eigenvalue weighted by Gasteiger charge is -2.22. The number of alkyl halides is 3. The molecule has 266 valence electrons. The summed E-state index contributed by atoms with van der Waals surface area (Å²) in [5.74, 6) is 4.03. The number of benzene rings is 2. The number of carbonyl (C=O) groups is 3. The van der Waals surface area contributed by atoms with E-state index in [1.807, 2.05) is 80.6 Å². The number of aromatic nitrogens is 2. The van der Waals surface area contributed by atoms with Crippen LogP contribution in [0.15, 0.2) is 85.2 Å². The minimum atomic E-state index is -5.84. The van der Waals surface area contributed by atoms with Crippen molar-refractivity contribution in [2.24, 2.45) is 11.3 Å². The number of rotatable bonds is 8. The fourth-order valence-electron chi connectivity index (χ4n) is 3.23. The number of hydrazine groups is 1. The summed E-state index contributed by atoms with van der Waals surface area (Å²) in [7, 11) is 0.428. The molecule has 0 unspecified atom stereocenters. The number of hydrogen-bond donors (Lipinski definition) is 3. The molecular weight excluding hydrogens is 659 g/mol. The molecule has 0 amide bonds. The zero-order chi connectivity index (χ0) is 37.3. The van der Waals surface area contributed by atoms with E-state index in [4.69, 9.17) is 23.6 Å². The average Bonchev–Trinajstić information content (AvgIpc) is 3.55. The Kier molecular flexibility index (Phi) is 17.3. The van der Waals surface area contributed by atoms with Gasteiger partial charge in [-0.3, -0.25) is 24.8 Å². The number of carbonyl (C=O) groups excluding carboxylic acids is 3. The van der Waals surface area contributed by atoms with Crippen molar-refractivity contribution in [3.63, 3.8) is 0 Å². The summed E-state index contributed by atoms with van der Waals surface area (Å²) in [6.07, 6.45) is 4.66. The van der Waals surface area contributed by atoms with E-state index in [-0.39, 0.29) is 11.8 Å². The number of allylic oxidation sites excluding steroid dienone is 1. The molecule has 1 aromatic heterocycles. The molecule has 4 N–H and O–H groups in total. The molecule has 2 aromatic carbocycles. The van der Waals surface area contributed by atoms with E-state index in [2.05, 4.69) is 15.3 Å². The molecule has 0 atom stereocenters. The molecule has 0 aliphatic heterocycles. The number of nitrogens with one attached hydrogen (secondary N) is 1. The molecule has 3 rings (SSSR count). The zero-order valence-corrected chi connectivity index (χ0v) is 28.7. The van der Waals surface area contributed by atoms with Crippen molar-refractivity contribution in [2.75, 3.05) is 33.7 Å². The summed E-state index contributed by atoms with van der Waals surface area (Å²) in [5.41, 5.74) is -2.18. The van der Waals surface area contributed by atoms with Gasteiger partial charge >= 0.3 is 27.6 Å². The van der Waals surface area contributed by atoms with Gasteiger partial charge < -0.3 is 19.8 Å². The van der Waals surface area contributed by atoms with Gasteiger partial charge in [-0.25, -0.2) is 4.68 Å². The molecule has 0 aliphatic rings. The molecular formula is C31H42F3N5O8S. The standard InChI is InChI=1S/C14H16N2O2.C10H17NO3.C6H8N2.CHF3O3S/c1-14(2,13(17)18-3)12-9-10-15-16(12)11-7-5-4-6-8-11;1-10(2,9(13)14-5)8(12)6-7-11(3)4;7-8-6-4-2-1-3-5-6;2-1(3,4)8(5,6)7/h4-10H,1-3H3;6-7H,1-5H3;1-5,8H,7H2;(H,5,6,7)/b;7-6+;;. The highest BCUT2D eigenvalue weighted by Gasteiger charge is 2.44. The molecule has 1 heterocycles. The molecule has 13 nitrogen and oxygen atoms in total. The van der Waals surface area contributed by atoms with Crippen LogP contribution in [-0.4, -0.2) is 79.2 Å². The largest absolute Gasteiger partial charge is 0.522 e. The Morgan fingerprint density at radius 2 is 1.35 bits per heavy atom. The van der Waals surface area contributed by atoms with Crippen LogP contribution in [0.1, 0.15) is 33.4 Å². The first-order chi connectivity index (χ1) is 22.1. The maximum absolute atomic E-state index is 11.9. The normalized spacial score (nSPS) is 11.4. The lowest BCUT2D eigenvalue weighted by atomic mass is 9.88. The van der Waals surface area contributed by atoms with Gasteiger partial charge in [0.05, 0.1) is 25.6 Å². The summed E-state index contributed by atoms with van der Waals surface area (Å²) in [4.78, 5) is 36.4. The van der Waals surface area contributed by atoms with Crippen molar-refractivity contribution in [1.29, 1.82) is 0 Å². The molecule has 0 spiro atoms. The second-order valence-electron chi connectivity index (χ2n) is 10.8.